The van der Waals surface area contributed by atoms with E-state index in [0.717, 1.165) is 22.3 Å². The number of ketones is 2. The van der Waals surface area contributed by atoms with Gasteiger partial charge in [0.05, 0.1) is 32.4 Å². The van der Waals surface area contributed by atoms with Crippen LogP contribution in [0.4, 0.5) is 0 Å². The van der Waals surface area contributed by atoms with Gasteiger partial charge in [0.15, 0.2) is 11.6 Å². The van der Waals surface area contributed by atoms with E-state index in [9.17, 15) is 38.4 Å². The minimum atomic E-state index is -1.21. The van der Waals surface area contributed by atoms with Crippen LogP contribution in [0, 0.1) is 0 Å². The quantitative estimate of drug-likeness (QED) is 0.0554. The molecule has 4 heterocycles. The van der Waals surface area contributed by atoms with Gasteiger partial charge in [0.1, 0.15) is 53.0 Å². The standard InChI is InChI=1S/C55H62N6O12/c1-53(24-23-46(63)61-53)52(69)60-44(28-34-13-17-38(70-4)18-14-34)51(68)58-42(48(65)55(3)32-73-55)29-36-11-8-12-37(25-36)30-71-39-19-15-35(16-20-39)27-43(59-49(66)40-21-22-45(62)56-40)50(67)57-41(47(64)54(2)31-72-54)26-33-9-6-5-7-10-33/h5-20,25,40-44H,21-24,26-32H2,1-4H3,(H,56,62)(H,57,67)(H,58,68)(H,59,66)(H,60,69)(H,61,63). The van der Waals surface area contributed by atoms with E-state index in [-0.39, 0.29) is 88.1 Å². The molecule has 6 amide bonds. The van der Waals surface area contributed by atoms with Crippen LogP contribution in [0.2, 0.25) is 0 Å². The number of amides is 6. The lowest BCUT2D eigenvalue weighted by atomic mass is 9.93. The van der Waals surface area contributed by atoms with Gasteiger partial charge in [0.25, 0.3) is 0 Å². The second kappa shape index (κ2) is 22.1. The maximum absolute atomic E-state index is 14.2. The molecule has 18 heteroatoms. The van der Waals surface area contributed by atoms with Crippen LogP contribution >= 0.6 is 0 Å². The molecule has 8 atom stereocenters. The molecule has 73 heavy (non-hydrogen) atoms. The Labute approximate surface area is 423 Å². The zero-order valence-electron chi connectivity index (χ0n) is 41.4. The fourth-order valence-electron chi connectivity index (χ4n) is 9.04. The summed E-state index contributed by atoms with van der Waals surface area (Å²) in [5.41, 5.74) is 0.449. The van der Waals surface area contributed by atoms with Crippen LogP contribution in [0.25, 0.3) is 0 Å². The Balaban J connectivity index is 0.928. The minimum Gasteiger partial charge on any atom is -0.497 e. The fourth-order valence-corrected chi connectivity index (χ4v) is 9.04. The van der Waals surface area contributed by atoms with Crippen LogP contribution in [-0.4, -0.2) is 114 Å². The zero-order valence-corrected chi connectivity index (χ0v) is 41.4. The van der Waals surface area contributed by atoms with Gasteiger partial charge in [-0.15, -0.1) is 0 Å². The number of hydrogen-bond donors (Lipinski definition) is 6. The number of rotatable bonds is 24. The third kappa shape index (κ3) is 13.4. The molecule has 4 aromatic carbocycles. The molecule has 4 aliphatic rings. The summed E-state index contributed by atoms with van der Waals surface area (Å²) >= 11 is 0. The number of benzene rings is 4. The molecular formula is C55H62N6O12. The van der Waals surface area contributed by atoms with Gasteiger partial charge in [0.2, 0.25) is 35.4 Å². The summed E-state index contributed by atoms with van der Waals surface area (Å²) in [6.07, 6.45) is 1.41. The van der Waals surface area contributed by atoms with Crippen molar-refractivity contribution >= 4 is 47.0 Å². The molecule has 0 radical (unpaired) electrons. The topological polar surface area (TPSA) is 252 Å². The van der Waals surface area contributed by atoms with E-state index in [1.54, 1.807) is 76.4 Å². The molecule has 4 fully saturated rings. The first-order valence-electron chi connectivity index (χ1n) is 24.6. The van der Waals surface area contributed by atoms with E-state index in [1.165, 1.54) is 0 Å². The van der Waals surface area contributed by atoms with Crippen LogP contribution in [-0.2, 0) is 80.1 Å². The summed E-state index contributed by atoms with van der Waals surface area (Å²) in [5, 5.41) is 16.8. The van der Waals surface area contributed by atoms with E-state index >= 15 is 0 Å². The summed E-state index contributed by atoms with van der Waals surface area (Å²) in [5.74, 6) is -2.15. The largest absolute Gasteiger partial charge is 0.497 e. The van der Waals surface area contributed by atoms with Crippen molar-refractivity contribution in [3.8, 4) is 11.5 Å². The fraction of sp³-hybridized carbons (Fsp3) is 0.418. The molecule has 18 nitrogen and oxygen atoms in total. The average Bonchev–Trinajstić information content (AvgIpc) is 4.24. The van der Waals surface area contributed by atoms with Crippen LogP contribution in [0.1, 0.15) is 74.3 Å². The minimum absolute atomic E-state index is 0.0628. The zero-order chi connectivity index (χ0) is 51.9. The summed E-state index contributed by atoms with van der Waals surface area (Å²) in [7, 11) is 1.54. The van der Waals surface area contributed by atoms with Gasteiger partial charge < -0.3 is 50.8 Å². The SMILES string of the molecule is COc1ccc(CC(NC(=O)C2(C)CCC(=O)N2)C(=O)NC(Cc2cccc(COc3ccc(CC(NC(=O)C4CCC(=O)N4)C(=O)NC(Cc4ccccc4)C(=O)C4(C)CO4)cc3)c2)C(=O)C2(C)CO2)cc1. The van der Waals surface area contributed by atoms with Gasteiger partial charge in [-0.3, -0.25) is 38.4 Å². The van der Waals surface area contributed by atoms with E-state index in [2.05, 4.69) is 31.9 Å². The third-order valence-electron chi connectivity index (χ3n) is 13.9. The van der Waals surface area contributed by atoms with Gasteiger partial charge in [-0.2, -0.15) is 0 Å². The summed E-state index contributed by atoms with van der Waals surface area (Å²) in [4.78, 5) is 107. The van der Waals surface area contributed by atoms with Crippen molar-refractivity contribution in [2.75, 3.05) is 20.3 Å². The molecule has 4 saturated heterocycles. The number of Topliss-reactive ketones (excluding diaryl/α,β-unsaturated/α-hetero) is 2. The molecule has 0 aliphatic carbocycles. The first-order valence-corrected chi connectivity index (χ1v) is 24.6. The predicted molar refractivity (Wildman–Crippen MR) is 265 cm³/mol. The number of nitrogens with one attached hydrogen (secondary N) is 6. The molecule has 6 N–H and O–H groups in total. The second-order valence-corrected chi connectivity index (χ2v) is 19.9. The Bertz CT molecular complexity index is 2720. The van der Waals surface area contributed by atoms with Crippen molar-refractivity contribution in [1.29, 1.82) is 0 Å². The van der Waals surface area contributed by atoms with Gasteiger partial charge >= 0.3 is 0 Å². The van der Waals surface area contributed by atoms with Crippen LogP contribution < -0.4 is 41.4 Å². The Morgan fingerprint density at radius 1 is 0.603 bits per heavy atom. The lowest BCUT2D eigenvalue weighted by Gasteiger charge is -2.28. The molecule has 0 bridgehead atoms. The lowest BCUT2D eigenvalue weighted by molar-refractivity contribution is -0.135. The highest BCUT2D eigenvalue weighted by atomic mass is 16.6. The smallest absolute Gasteiger partial charge is 0.246 e. The van der Waals surface area contributed by atoms with E-state index in [1.807, 2.05) is 54.6 Å². The van der Waals surface area contributed by atoms with Crippen molar-refractivity contribution in [2.24, 2.45) is 0 Å². The summed E-state index contributed by atoms with van der Waals surface area (Å²) < 4.78 is 22.4. The third-order valence-corrected chi connectivity index (χ3v) is 13.9. The number of hydrogen-bond acceptors (Lipinski definition) is 12. The van der Waals surface area contributed by atoms with Crippen molar-refractivity contribution < 1.29 is 57.3 Å². The van der Waals surface area contributed by atoms with Gasteiger partial charge in [0, 0.05) is 25.7 Å². The number of carbonyl (C=O) groups is 8. The van der Waals surface area contributed by atoms with Crippen molar-refractivity contribution in [2.45, 2.75) is 126 Å². The number of methoxy groups -OCH3 is 1. The molecule has 4 aromatic rings. The van der Waals surface area contributed by atoms with E-state index < -0.39 is 70.6 Å². The van der Waals surface area contributed by atoms with Crippen LogP contribution in [0.15, 0.2) is 103 Å². The second-order valence-electron chi connectivity index (χ2n) is 19.9. The Morgan fingerprint density at radius 3 is 1.63 bits per heavy atom. The highest BCUT2D eigenvalue weighted by Crippen LogP contribution is 2.31. The molecule has 0 saturated carbocycles. The maximum Gasteiger partial charge on any atom is 0.246 e. The normalized spacial score (nSPS) is 23.3. The maximum atomic E-state index is 14.2. The first kappa shape index (κ1) is 51.9. The molecule has 0 aromatic heterocycles. The predicted octanol–water partition coefficient (Wildman–Crippen LogP) is 2.45. The molecule has 4 aliphatic heterocycles. The average molecular weight is 999 g/mol. The van der Waals surface area contributed by atoms with Crippen molar-refractivity contribution in [1.82, 2.24) is 31.9 Å². The molecule has 8 unspecified atom stereocenters. The van der Waals surface area contributed by atoms with Crippen LogP contribution in [0.3, 0.4) is 0 Å². The Hall–Kier alpha value is -7.44. The lowest BCUT2D eigenvalue weighted by Crippen LogP contribution is -2.59. The number of ether oxygens (including phenoxy) is 4. The number of carbonyl (C=O) groups excluding carboxylic acids is 8. The molecular weight excluding hydrogens is 937 g/mol. The van der Waals surface area contributed by atoms with Crippen LogP contribution in [0.5, 0.6) is 11.5 Å². The summed E-state index contributed by atoms with van der Waals surface area (Å²) in [6.45, 7) is 5.54. The Morgan fingerprint density at radius 2 is 1.11 bits per heavy atom. The molecule has 0 spiro atoms. The Kier molecular flexibility index (Phi) is 15.7. The van der Waals surface area contributed by atoms with Gasteiger partial charge in [-0.25, -0.2) is 0 Å². The van der Waals surface area contributed by atoms with Gasteiger partial charge in [-0.05, 0) is 98.5 Å². The molecule has 384 valence electrons. The van der Waals surface area contributed by atoms with E-state index in [4.69, 9.17) is 18.9 Å². The molecule has 8 rings (SSSR count). The highest BCUT2D eigenvalue weighted by molar-refractivity contribution is 6.01. The van der Waals surface area contributed by atoms with Crippen molar-refractivity contribution in [3.63, 3.8) is 0 Å². The van der Waals surface area contributed by atoms with E-state index in [0.29, 0.717) is 23.5 Å². The van der Waals surface area contributed by atoms with Gasteiger partial charge in [-0.1, -0.05) is 78.9 Å². The number of epoxide rings is 2. The first-order chi connectivity index (χ1) is 34.9. The monoisotopic (exact) mass is 998 g/mol. The highest BCUT2D eigenvalue weighted by Gasteiger charge is 2.51. The van der Waals surface area contributed by atoms with Crippen molar-refractivity contribution in [3.05, 3.63) is 131 Å². The summed E-state index contributed by atoms with van der Waals surface area (Å²) in [6, 6.07) is 25.8.